The Morgan fingerprint density at radius 3 is 2.38 bits per heavy atom. The van der Waals surface area contributed by atoms with Gasteiger partial charge in [0.05, 0.1) is 0 Å². The molecular weight excluding hydrogens is 380 g/mol. The number of imidazole rings is 1. The highest BCUT2D eigenvalue weighted by Crippen LogP contribution is 2.22. The number of amides is 1. The molecule has 4 aromatic rings. The van der Waals surface area contributed by atoms with E-state index in [-0.39, 0.29) is 35.8 Å². The number of halogens is 2. The van der Waals surface area contributed by atoms with Crippen molar-refractivity contribution < 1.29 is 18.1 Å². The van der Waals surface area contributed by atoms with E-state index < -0.39 is 0 Å². The van der Waals surface area contributed by atoms with E-state index in [4.69, 9.17) is 4.52 Å². The molecule has 2 aromatic carbocycles. The van der Waals surface area contributed by atoms with Crippen molar-refractivity contribution in [1.82, 2.24) is 19.7 Å². The molecular formula is C20H15F2N5O2. The van der Waals surface area contributed by atoms with Crippen LogP contribution in [0.3, 0.4) is 0 Å². The second-order valence-corrected chi connectivity index (χ2v) is 6.29. The fraction of sp³-hybridized carbons (Fsp3) is 0.100. The number of benzene rings is 2. The molecule has 2 aromatic heterocycles. The predicted molar refractivity (Wildman–Crippen MR) is 101 cm³/mol. The normalized spacial score (nSPS) is 10.9. The van der Waals surface area contributed by atoms with Crippen molar-refractivity contribution in [3.8, 4) is 23.0 Å². The highest BCUT2D eigenvalue weighted by atomic mass is 19.1. The van der Waals surface area contributed by atoms with Gasteiger partial charge in [0.2, 0.25) is 11.7 Å². The standard InChI is InChI=1S/C20H15F2N5O2/c1-12-23-17(19-25-20(29-26-19)13-2-4-14(21)5-3-13)10-27(12)11-18(28)24-16-8-6-15(22)7-9-16/h2-10H,11H2,1H3,(H,24,28). The van der Waals surface area contributed by atoms with Crippen molar-refractivity contribution in [1.29, 1.82) is 0 Å². The molecule has 0 aliphatic carbocycles. The first-order valence-electron chi connectivity index (χ1n) is 8.67. The van der Waals surface area contributed by atoms with Crippen LogP contribution in [0, 0.1) is 18.6 Å². The quantitative estimate of drug-likeness (QED) is 0.555. The molecule has 0 bridgehead atoms. The molecule has 7 nitrogen and oxygen atoms in total. The minimum atomic E-state index is -0.377. The number of carbonyl (C=O) groups is 1. The van der Waals surface area contributed by atoms with Crippen molar-refractivity contribution in [2.24, 2.45) is 0 Å². The average Bonchev–Trinajstić information content (AvgIpc) is 3.32. The number of aryl methyl sites for hydroxylation is 1. The summed E-state index contributed by atoms with van der Waals surface area (Å²) in [4.78, 5) is 20.9. The molecule has 0 radical (unpaired) electrons. The van der Waals surface area contributed by atoms with Gasteiger partial charge >= 0.3 is 0 Å². The number of rotatable bonds is 5. The molecule has 1 amide bonds. The van der Waals surface area contributed by atoms with Crippen LogP contribution in [0.2, 0.25) is 0 Å². The van der Waals surface area contributed by atoms with E-state index >= 15 is 0 Å². The molecule has 0 aliphatic heterocycles. The lowest BCUT2D eigenvalue weighted by Crippen LogP contribution is -2.19. The molecule has 1 N–H and O–H groups in total. The highest BCUT2D eigenvalue weighted by molar-refractivity contribution is 5.90. The molecule has 146 valence electrons. The zero-order valence-corrected chi connectivity index (χ0v) is 15.3. The fourth-order valence-corrected chi connectivity index (χ4v) is 2.70. The molecule has 0 spiro atoms. The number of hydrogen-bond acceptors (Lipinski definition) is 5. The maximum absolute atomic E-state index is 13.1. The maximum atomic E-state index is 13.1. The summed E-state index contributed by atoms with van der Waals surface area (Å²) in [6.07, 6.45) is 1.64. The summed E-state index contributed by atoms with van der Waals surface area (Å²) < 4.78 is 32.9. The molecule has 0 saturated heterocycles. The average molecular weight is 395 g/mol. The first-order chi connectivity index (χ1) is 14.0. The van der Waals surface area contributed by atoms with Crippen LogP contribution in [-0.2, 0) is 11.3 Å². The van der Waals surface area contributed by atoms with Gasteiger partial charge in [0.15, 0.2) is 0 Å². The second kappa shape index (κ2) is 7.63. The second-order valence-electron chi connectivity index (χ2n) is 6.29. The first kappa shape index (κ1) is 18.5. The summed E-state index contributed by atoms with van der Waals surface area (Å²) in [5.74, 6) is 0.0533. The molecule has 4 rings (SSSR count). The summed E-state index contributed by atoms with van der Waals surface area (Å²) in [6.45, 7) is 1.76. The monoisotopic (exact) mass is 395 g/mol. The first-order valence-corrected chi connectivity index (χ1v) is 8.67. The lowest BCUT2D eigenvalue weighted by atomic mass is 10.2. The third-order valence-corrected chi connectivity index (χ3v) is 4.16. The molecule has 29 heavy (non-hydrogen) atoms. The molecule has 0 saturated carbocycles. The van der Waals surface area contributed by atoms with E-state index in [1.54, 1.807) is 17.7 Å². The van der Waals surface area contributed by atoms with Crippen molar-refractivity contribution in [2.45, 2.75) is 13.5 Å². The molecule has 2 heterocycles. The number of aromatic nitrogens is 4. The van der Waals surface area contributed by atoms with Crippen molar-refractivity contribution >= 4 is 11.6 Å². The van der Waals surface area contributed by atoms with Gasteiger partial charge in [-0.1, -0.05) is 5.16 Å². The smallest absolute Gasteiger partial charge is 0.258 e. The van der Waals surface area contributed by atoms with Gasteiger partial charge in [0.25, 0.3) is 5.89 Å². The number of nitrogens with one attached hydrogen (secondary N) is 1. The Balaban J connectivity index is 1.48. The maximum Gasteiger partial charge on any atom is 0.258 e. The minimum Gasteiger partial charge on any atom is -0.334 e. The summed E-state index contributed by atoms with van der Waals surface area (Å²) in [7, 11) is 0. The number of hydrogen-bond donors (Lipinski definition) is 1. The van der Waals surface area contributed by atoms with Crippen LogP contribution in [0.1, 0.15) is 5.82 Å². The van der Waals surface area contributed by atoms with Crippen LogP contribution in [0.15, 0.2) is 59.3 Å². The van der Waals surface area contributed by atoms with Gasteiger partial charge in [0.1, 0.15) is 29.7 Å². The zero-order chi connectivity index (χ0) is 20.4. The SMILES string of the molecule is Cc1nc(-c2noc(-c3ccc(F)cc3)n2)cn1CC(=O)Nc1ccc(F)cc1. The Hall–Kier alpha value is -3.88. The van der Waals surface area contributed by atoms with Crippen LogP contribution in [-0.4, -0.2) is 25.6 Å². The van der Waals surface area contributed by atoms with E-state index in [9.17, 15) is 13.6 Å². The van der Waals surface area contributed by atoms with Gasteiger partial charge in [-0.25, -0.2) is 13.8 Å². The fourth-order valence-electron chi connectivity index (χ4n) is 2.70. The Bertz CT molecular complexity index is 1150. The van der Waals surface area contributed by atoms with Crippen molar-refractivity contribution in [3.05, 3.63) is 72.2 Å². The van der Waals surface area contributed by atoms with Gasteiger partial charge in [-0.2, -0.15) is 4.98 Å². The minimum absolute atomic E-state index is 0.0128. The van der Waals surface area contributed by atoms with E-state index in [2.05, 4.69) is 20.4 Å². The lowest BCUT2D eigenvalue weighted by Gasteiger charge is -2.06. The van der Waals surface area contributed by atoms with E-state index in [0.717, 1.165) is 0 Å². The molecule has 0 aliphatic rings. The summed E-state index contributed by atoms with van der Waals surface area (Å²) in [5.41, 5.74) is 1.52. The summed E-state index contributed by atoms with van der Waals surface area (Å²) in [5, 5.41) is 6.59. The third-order valence-electron chi connectivity index (χ3n) is 4.16. The Labute approximate surface area is 164 Å². The Morgan fingerprint density at radius 2 is 1.69 bits per heavy atom. The summed E-state index contributed by atoms with van der Waals surface area (Å²) >= 11 is 0. The van der Waals surface area contributed by atoms with Crippen LogP contribution >= 0.6 is 0 Å². The Morgan fingerprint density at radius 1 is 1.03 bits per heavy atom. The van der Waals surface area contributed by atoms with Crippen LogP contribution in [0.5, 0.6) is 0 Å². The van der Waals surface area contributed by atoms with Gasteiger partial charge in [-0.15, -0.1) is 0 Å². The van der Waals surface area contributed by atoms with Crippen LogP contribution in [0.4, 0.5) is 14.5 Å². The summed E-state index contributed by atoms with van der Waals surface area (Å²) in [6, 6.07) is 11.2. The van der Waals surface area contributed by atoms with Gasteiger partial charge in [0, 0.05) is 17.4 Å². The lowest BCUT2D eigenvalue weighted by molar-refractivity contribution is -0.116. The number of nitrogens with zero attached hydrogens (tertiary/aromatic N) is 4. The Kier molecular flexibility index (Phi) is 4.86. The van der Waals surface area contributed by atoms with Gasteiger partial charge in [-0.3, -0.25) is 4.79 Å². The zero-order valence-electron chi connectivity index (χ0n) is 15.3. The highest BCUT2D eigenvalue weighted by Gasteiger charge is 2.16. The molecule has 9 heteroatoms. The molecule has 0 fully saturated rings. The molecule has 0 atom stereocenters. The predicted octanol–water partition coefficient (Wildman–Crippen LogP) is 3.83. The molecule has 0 unspecified atom stereocenters. The van der Waals surface area contributed by atoms with Gasteiger partial charge < -0.3 is 14.4 Å². The van der Waals surface area contributed by atoms with Crippen LogP contribution in [0.25, 0.3) is 23.0 Å². The number of carbonyl (C=O) groups excluding carboxylic acids is 1. The largest absolute Gasteiger partial charge is 0.334 e. The topological polar surface area (TPSA) is 85.8 Å². The number of anilines is 1. The third kappa shape index (κ3) is 4.18. The van der Waals surface area contributed by atoms with E-state index in [0.29, 0.717) is 22.8 Å². The van der Waals surface area contributed by atoms with Gasteiger partial charge in [-0.05, 0) is 55.5 Å². The van der Waals surface area contributed by atoms with Crippen molar-refractivity contribution in [3.63, 3.8) is 0 Å². The van der Waals surface area contributed by atoms with Crippen LogP contribution < -0.4 is 5.32 Å². The van der Waals surface area contributed by atoms with E-state index in [1.165, 1.54) is 48.5 Å². The van der Waals surface area contributed by atoms with Crippen molar-refractivity contribution in [2.75, 3.05) is 5.32 Å². The van der Waals surface area contributed by atoms with E-state index in [1.807, 2.05) is 0 Å².